The summed E-state index contributed by atoms with van der Waals surface area (Å²) < 4.78 is 28.0. The third-order valence-corrected chi connectivity index (χ3v) is 5.89. The summed E-state index contributed by atoms with van der Waals surface area (Å²) in [4.78, 5) is 17.7. The molecular formula is C16H18N4O3S. The van der Waals surface area contributed by atoms with E-state index in [-0.39, 0.29) is 16.6 Å². The maximum Gasteiger partial charge on any atom is 0.272 e. The van der Waals surface area contributed by atoms with E-state index in [0.29, 0.717) is 10.9 Å². The van der Waals surface area contributed by atoms with E-state index in [9.17, 15) is 13.2 Å². The normalized spacial score (nSPS) is 19.1. The summed E-state index contributed by atoms with van der Waals surface area (Å²) in [6.07, 6.45) is 4.18. The highest BCUT2D eigenvalue weighted by molar-refractivity contribution is 7.89. The van der Waals surface area contributed by atoms with Crippen LogP contribution in [-0.2, 0) is 10.0 Å². The van der Waals surface area contributed by atoms with Gasteiger partial charge in [-0.15, -0.1) is 0 Å². The second-order valence-corrected chi connectivity index (χ2v) is 7.77. The van der Waals surface area contributed by atoms with Crippen LogP contribution >= 0.6 is 0 Å². The molecule has 0 radical (unpaired) electrons. The van der Waals surface area contributed by atoms with Crippen molar-refractivity contribution in [1.82, 2.24) is 20.0 Å². The topological polar surface area (TPSA) is 107 Å². The minimum atomic E-state index is -3.62. The highest BCUT2D eigenvalue weighted by Crippen LogP contribution is 2.25. The van der Waals surface area contributed by atoms with Gasteiger partial charge in [0.2, 0.25) is 10.0 Å². The molecule has 0 bridgehead atoms. The van der Waals surface area contributed by atoms with E-state index in [2.05, 4.69) is 20.0 Å². The number of pyridine rings is 1. The van der Waals surface area contributed by atoms with E-state index in [4.69, 9.17) is 0 Å². The van der Waals surface area contributed by atoms with E-state index in [1.165, 1.54) is 0 Å². The zero-order valence-electron chi connectivity index (χ0n) is 12.9. The quantitative estimate of drug-likeness (QED) is 0.575. The average molecular weight is 346 g/mol. The summed E-state index contributed by atoms with van der Waals surface area (Å²) in [5, 5.41) is 4.60. The molecule has 24 heavy (non-hydrogen) atoms. The lowest BCUT2D eigenvalue weighted by molar-refractivity contribution is 0.382. The predicted octanol–water partition coefficient (Wildman–Crippen LogP) is 1.39. The Morgan fingerprint density at radius 2 is 2.00 bits per heavy atom. The zero-order valence-corrected chi connectivity index (χ0v) is 13.7. The summed E-state index contributed by atoms with van der Waals surface area (Å²) in [6, 6.07) is 6.62. The molecule has 2 aromatic heterocycles. The number of rotatable bonds is 3. The Labute approximate surface area is 138 Å². The molecule has 0 spiro atoms. The van der Waals surface area contributed by atoms with Crippen LogP contribution < -0.4 is 15.6 Å². The Kier molecular flexibility index (Phi) is 3.67. The van der Waals surface area contributed by atoms with Gasteiger partial charge in [-0.1, -0.05) is 0 Å². The summed E-state index contributed by atoms with van der Waals surface area (Å²) >= 11 is 0. The Balaban J connectivity index is 1.77. The van der Waals surface area contributed by atoms with Crippen molar-refractivity contribution in [3.8, 4) is 0 Å². The lowest BCUT2D eigenvalue weighted by Gasteiger charge is -2.24. The number of hydrogen-bond donors (Lipinski definition) is 4. The lowest BCUT2D eigenvalue weighted by atomic mass is 10.1. The molecule has 4 rings (SSSR count). The highest BCUT2D eigenvalue weighted by Gasteiger charge is 2.22. The molecule has 3 heterocycles. The van der Waals surface area contributed by atoms with Gasteiger partial charge in [-0.2, -0.15) is 4.72 Å². The molecule has 1 unspecified atom stereocenters. The van der Waals surface area contributed by atoms with Crippen molar-refractivity contribution in [2.45, 2.75) is 30.3 Å². The third kappa shape index (κ3) is 2.62. The largest absolute Gasteiger partial charge is 0.350 e. The van der Waals surface area contributed by atoms with Crippen molar-refractivity contribution in [3.05, 3.63) is 40.8 Å². The summed E-state index contributed by atoms with van der Waals surface area (Å²) in [5.41, 5.74) is 0.957. The summed E-state index contributed by atoms with van der Waals surface area (Å²) in [6.45, 7) is 0.817. The predicted molar refractivity (Wildman–Crippen MR) is 92.4 cm³/mol. The Morgan fingerprint density at radius 1 is 1.12 bits per heavy atom. The standard InChI is InChI=1S/C16H18N4O3S/c21-16-15-11(6-8-18-16)12-9-10(4-5-13(12)19-15)24(22,23)20-14-3-1-2-7-17-14/h4-6,8-9,14,17,19-20H,1-3,7H2,(H,18,21). The number of benzene rings is 1. The number of sulfonamides is 1. The molecule has 1 aromatic carbocycles. The van der Waals surface area contributed by atoms with Gasteiger partial charge in [0.1, 0.15) is 5.52 Å². The molecular weight excluding hydrogens is 328 g/mol. The van der Waals surface area contributed by atoms with E-state index in [1.807, 2.05) is 0 Å². The van der Waals surface area contributed by atoms with Gasteiger partial charge in [0.15, 0.2) is 0 Å². The minimum Gasteiger partial charge on any atom is -0.350 e. The molecule has 3 aromatic rings. The van der Waals surface area contributed by atoms with Crippen LogP contribution in [0, 0.1) is 0 Å². The van der Waals surface area contributed by atoms with Crippen LogP contribution in [0.15, 0.2) is 40.2 Å². The van der Waals surface area contributed by atoms with Crippen LogP contribution in [0.5, 0.6) is 0 Å². The maximum absolute atomic E-state index is 12.6. The van der Waals surface area contributed by atoms with Gasteiger partial charge in [-0.3, -0.25) is 4.79 Å². The van der Waals surface area contributed by atoms with Crippen molar-refractivity contribution in [3.63, 3.8) is 0 Å². The lowest BCUT2D eigenvalue weighted by Crippen LogP contribution is -2.47. The smallest absolute Gasteiger partial charge is 0.272 e. The molecule has 0 saturated carbocycles. The van der Waals surface area contributed by atoms with Gasteiger partial charge in [0.05, 0.1) is 11.1 Å². The van der Waals surface area contributed by atoms with Crippen LogP contribution in [0.25, 0.3) is 21.8 Å². The Bertz CT molecular complexity index is 1060. The van der Waals surface area contributed by atoms with Crippen molar-refractivity contribution in [1.29, 1.82) is 0 Å². The number of hydrogen-bond acceptors (Lipinski definition) is 4. The van der Waals surface area contributed by atoms with Gasteiger partial charge < -0.3 is 15.3 Å². The monoisotopic (exact) mass is 346 g/mol. The number of aromatic nitrogens is 2. The molecule has 1 aliphatic rings. The molecule has 8 heteroatoms. The van der Waals surface area contributed by atoms with E-state index >= 15 is 0 Å². The van der Waals surface area contributed by atoms with Crippen molar-refractivity contribution in [2.75, 3.05) is 6.54 Å². The van der Waals surface area contributed by atoms with Gasteiger partial charge in [0.25, 0.3) is 5.56 Å². The fourth-order valence-corrected chi connectivity index (χ4v) is 4.42. The van der Waals surface area contributed by atoms with Crippen LogP contribution in [0.4, 0.5) is 0 Å². The highest BCUT2D eigenvalue weighted by atomic mass is 32.2. The van der Waals surface area contributed by atoms with Crippen molar-refractivity contribution < 1.29 is 8.42 Å². The average Bonchev–Trinajstić information content (AvgIpc) is 2.95. The fraction of sp³-hybridized carbons (Fsp3) is 0.312. The number of aromatic amines is 2. The van der Waals surface area contributed by atoms with E-state index in [1.54, 1.807) is 30.5 Å². The summed E-state index contributed by atoms with van der Waals surface area (Å²) in [5.74, 6) is 0. The van der Waals surface area contributed by atoms with E-state index < -0.39 is 10.0 Å². The number of H-pyrrole nitrogens is 2. The van der Waals surface area contributed by atoms with Crippen LogP contribution in [0.2, 0.25) is 0 Å². The SMILES string of the molecule is O=c1[nH]ccc2c1[nH]c1ccc(S(=O)(=O)NC3CCCCN3)cc12. The van der Waals surface area contributed by atoms with Gasteiger partial charge in [-0.05, 0) is 50.1 Å². The number of fused-ring (bicyclic) bond motifs is 3. The minimum absolute atomic E-state index is 0.198. The molecule has 4 N–H and O–H groups in total. The van der Waals surface area contributed by atoms with Gasteiger partial charge >= 0.3 is 0 Å². The fourth-order valence-electron chi connectivity index (χ4n) is 3.19. The Morgan fingerprint density at radius 3 is 2.79 bits per heavy atom. The molecule has 0 amide bonds. The van der Waals surface area contributed by atoms with Crippen LogP contribution in [-0.4, -0.2) is 31.1 Å². The molecule has 1 saturated heterocycles. The first-order valence-electron chi connectivity index (χ1n) is 7.93. The first-order chi connectivity index (χ1) is 11.5. The maximum atomic E-state index is 12.6. The summed E-state index contributed by atoms with van der Waals surface area (Å²) in [7, 11) is -3.62. The first kappa shape index (κ1) is 15.4. The van der Waals surface area contributed by atoms with Crippen molar-refractivity contribution in [2.24, 2.45) is 0 Å². The molecule has 1 fully saturated rings. The molecule has 1 aliphatic heterocycles. The van der Waals surface area contributed by atoms with Gasteiger partial charge in [-0.25, -0.2) is 8.42 Å². The first-order valence-corrected chi connectivity index (χ1v) is 9.42. The van der Waals surface area contributed by atoms with Crippen LogP contribution in [0.1, 0.15) is 19.3 Å². The zero-order chi connectivity index (χ0) is 16.7. The molecule has 126 valence electrons. The Hall–Kier alpha value is -2.16. The van der Waals surface area contributed by atoms with E-state index in [0.717, 1.165) is 36.7 Å². The van der Waals surface area contributed by atoms with Gasteiger partial charge in [0, 0.05) is 22.5 Å². The molecule has 7 nitrogen and oxygen atoms in total. The third-order valence-electron chi connectivity index (χ3n) is 4.42. The molecule has 0 aliphatic carbocycles. The van der Waals surface area contributed by atoms with Crippen LogP contribution in [0.3, 0.4) is 0 Å². The molecule has 1 atom stereocenters. The number of piperidine rings is 1. The number of nitrogens with one attached hydrogen (secondary N) is 4. The van der Waals surface area contributed by atoms with Crippen molar-refractivity contribution >= 4 is 31.8 Å². The second kappa shape index (κ2) is 5.73. The second-order valence-electron chi connectivity index (χ2n) is 6.05.